The fourth-order valence-electron chi connectivity index (χ4n) is 2.56. The summed E-state index contributed by atoms with van der Waals surface area (Å²) in [6.07, 6.45) is 4.39. The van der Waals surface area contributed by atoms with Gasteiger partial charge in [0.1, 0.15) is 0 Å². The lowest BCUT2D eigenvalue weighted by molar-refractivity contribution is -0.136. The minimum Gasteiger partial charge on any atom is -0.481 e. The number of rotatable bonds is 3. The van der Waals surface area contributed by atoms with Crippen LogP contribution in [-0.2, 0) is 17.6 Å². The van der Waals surface area contributed by atoms with Gasteiger partial charge >= 0.3 is 5.97 Å². The Balaban J connectivity index is 2.29. The van der Waals surface area contributed by atoms with E-state index in [0.717, 1.165) is 13.0 Å². The van der Waals surface area contributed by atoms with E-state index in [9.17, 15) is 4.79 Å². The molecule has 0 bridgehead atoms. The SMILES string of the molecule is CN1CCCCc2cccc(CCC(=O)O)c21. The van der Waals surface area contributed by atoms with Crippen molar-refractivity contribution in [3.63, 3.8) is 0 Å². The van der Waals surface area contributed by atoms with E-state index < -0.39 is 5.97 Å². The van der Waals surface area contributed by atoms with Crippen molar-refractivity contribution in [2.24, 2.45) is 0 Å². The van der Waals surface area contributed by atoms with Gasteiger partial charge in [0.15, 0.2) is 0 Å². The van der Waals surface area contributed by atoms with Gasteiger partial charge in [0.25, 0.3) is 0 Å². The average molecular weight is 233 g/mol. The van der Waals surface area contributed by atoms with Crippen molar-refractivity contribution >= 4 is 11.7 Å². The van der Waals surface area contributed by atoms with Crippen LogP contribution in [0.2, 0.25) is 0 Å². The van der Waals surface area contributed by atoms with E-state index >= 15 is 0 Å². The minimum absolute atomic E-state index is 0.213. The maximum absolute atomic E-state index is 10.7. The van der Waals surface area contributed by atoms with Crippen molar-refractivity contribution < 1.29 is 9.90 Å². The molecule has 0 amide bonds. The van der Waals surface area contributed by atoms with Gasteiger partial charge in [-0.25, -0.2) is 0 Å². The smallest absolute Gasteiger partial charge is 0.303 e. The highest BCUT2D eigenvalue weighted by atomic mass is 16.4. The highest BCUT2D eigenvalue weighted by Crippen LogP contribution is 2.29. The summed E-state index contributed by atoms with van der Waals surface area (Å²) < 4.78 is 0. The van der Waals surface area contributed by atoms with Gasteiger partial charge in [0, 0.05) is 25.7 Å². The maximum Gasteiger partial charge on any atom is 0.303 e. The Bertz CT molecular complexity index is 415. The maximum atomic E-state index is 10.7. The lowest BCUT2D eigenvalue weighted by Gasteiger charge is -2.22. The van der Waals surface area contributed by atoms with Gasteiger partial charge in [-0.05, 0) is 36.8 Å². The Labute approximate surface area is 102 Å². The number of carboxylic acid groups (broad SMARTS) is 1. The zero-order valence-electron chi connectivity index (χ0n) is 10.3. The number of hydrogen-bond donors (Lipinski definition) is 1. The third kappa shape index (κ3) is 2.78. The number of carboxylic acids is 1. The summed E-state index contributed by atoms with van der Waals surface area (Å²) in [6, 6.07) is 6.28. The first-order chi connectivity index (χ1) is 8.18. The van der Waals surface area contributed by atoms with Crippen LogP contribution in [0.15, 0.2) is 18.2 Å². The van der Waals surface area contributed by atoms with E-state index in [0.29, 0.717) is 6.42 Å². The van der Waals surface area contributed by atoms with E-state index in [2.05, 4.69) is 30.1 Å². The molecule has 0 atom stereocenters. The molecule has 0 spiro atoms. The number of fused-ring (bicyclic) bond motifs is 1. The molecule has 0 unspecified atom stereocenters. The number of nitrogens with zero attached hydrogens (tertiary/aromatic N) is 1. The number of aryl methyl sites for hydroxylation is 2. The molecule has 1 aromatic carbocycles. The van der Waals surface area contributed by atoms with Crippen molar-refractivity contribution in [2.45, 2.75) is 32.1 Å². The Kier molecular flexibility index (Phi) is 3.67. The second kappa shape index (κ2) is 5.21. The van der Waals surface area contributed by atoms with Crippen LogP contribution < -0.4 is 4.90 Å². The van der Waals surface area contributed by atoms with Crippen LogP contribution in [-0.4, -0.2) is 24.7 Å². The number of hydrogen-bond acceptors (Lipinski definition) is 2. The van der Waals surface area contributed by atoms with Gasteiger partial charge in [-0.2, -0.15) is 0 Å². The molecule has 1 N–H and O–H groups in total. The third-order valence-electron chi connectivity index (χ3n) is 3.38. The molecule has 0 aliphatic carbocycles. The van der Waals surface area contributed by atoms with Crippen molar-refractivity contribution in [3.05, 3.63) is 29.3 Å². The summed E-state index contributed by atoms with van der Waals surface area (Å²) in [5.74, 6) is -0.723. The molecule has 1 aliphatic rings. The molecule has 0 radical (unpaired) electrons. The summed E-state index contributed by atoms with van der Waals surface area (Å²) in [6.45, 7) is 1.07. The summed E-state index contributed by atoms with van der Waals surface area (Å²) in [7, 11) is 2.11. The number of benzene rings is 1. The first-order valence-electron chi connectivity index (χ1n) is 6.22. The average Bonchev–Trinajstić information content (AvgIpc) is 2.49. The van der Waals surface area contributed by atoms with Gasteiger partial charge < -0.3 is 10.0 Å². The second-order valence-corrected chi connectivity index (χ2v) is 4.70. The van der Waals surface area contributed by atoms with Gasteiger partial charge in [0.05, 0.1) is 0 Å². The van der Waals surface area contributed by atoms with Crippen LogP contribution in [0.5, 0.6) is 0 Å². The van der Waals surface area contributed by atoms with E-state index in [1.54, 1.807) is 0 Å². The lowest BCUT2D eigenvalue weighted by Crippen LogP contribution is -2.19. The molecule has 3 nitrogen and oxygen atoms in total. The highest BCUT2D eigenvalue weighted by Gasteiger charge is 2.16. The summed E-state index contributed by atoms with van der Waals surface area (Å²) in [5.41, 5.74) is 3.81. The molecule has 0 saturated heterocycles. The van der Waals surface area contributed by atoms with Gasteiger partial charge in [-0.1, -0.05) is 18.2 Å². The van der Waals surface area contributed by atoms with Crippen molar-refractivity contribution in [2.75, 3.05) is 18.5 Å². The van der Waals surface area contributed by atoms with Crippen LogP contribution in [0.25, 0.3) is 0 Å². The van der Waals surface area contributed by atoms with Crippen molar-refractivity contribution in [3.8, 4) is 0 Å². The minimum atomic E-state index is -0.723. The number of aliphatic carboxylic acids is 1. The lowest BCUT2D eigenvalue weighted by atomic mass is 10.00. The summed E-state index contributed by atoms with van der Waals surface area (Å²) >= 11 is 0. The van der Waals surface area contributed by atoms with Gasteiger partial charge in [-0.15, -0.1) is 0 Å². The molecule has 0 saturated carbocycles. The Morgan fingerprint density at radius 2 is 2.24 bits per heavy atom. The molecule has 1 heterocycles. The third-order valence-corrected chi connectivity index (χ3v) is 3.38. The van der Waals surface area contributed by atoms with E-state index in [4.69, 9.17) is 5.11 Å². The number of para-hydroxylation sites is 1. The van der Waals surface area contributed by atoms with Crippen LogP contribution in [0.4, 0.5) is 5.69 Å². The largest absolute Gasteiger partial charge is 0.481 e. The molecule has 0 fully saturated rings. The predicted molar refractivity (Wildman–Crippen MR) is 68.6 cm³/mol. The van der Waals surface area contributed by atoms with Crippen LogP contribution in [0.1, 0.15) is 30.4 Å². The zero-order chi connectivity index (χ0) is 12.3. The monoisotopic (exact) mass is 233 g/mol. The summed E-state index contributed by atoms with van der Waals surface area (Å²) in [4.78, 5) is 13.0. The quantitative estimate of drug-likeness (QED) is 0.872. The molecule has 3 heteroatoms. The Hall–Kier alpha value is -1.51. The van der Waals surface area contributed by atoms with Crippen LogP contribution in [0, 0.1) is 0 Å². The molecular weight excluding hydrogens is 214 g/mol. The first kappa shape index (κ1) is 12.0. The van der Waals surface area contributed by atoms with Crippen molar-refractivity contribution in [1.29, 1.82) is 0 Å². The van der Waals surface area contributed by atoms with E-state index in [-0.39, 0.29) is 6.42 Å². The zero-order valence-corrected chi connectivity index (χ0v) is 10.3. The predicted octanol–water partition coefficient (Wildman–Crippen LogP) is 2.48. The molecular formula is C14H19NO2. The molecule has 0 aromatic heterocycles. The van der Waals surface area contributed by atoms with Crippen molar-refractivity contribution in [1.82, 2.24) is 0 Å². The van der Waals surface area contributed by atoms with E-state index in [1.165, 1.54) is 29.7 Å². The Morgan fingerprint density at radius 1 is 1.41 bits per heavy atom. The van der Waals surface area contributed by atoms with Gasteiger partial charge in [-0.3, -0.25) is 4.79 Å². The van der Waals surface area contributed by atoms with Crippen LogP contribution in [0.3, 0.4) is 0 Å². The number of carbonyl (C=O) groups is 1. The van der Waals surface area contributed by atoms with Gasteiger partial charge in [0.2, 0.25) is 0 Å². The topological polar surface area (TPSA) is 40.5 Å². The first-order valence-corrected chi connectivity index (χ1v) is 6.22. The van der Waals surface area contributed by atoms with E-state index in [1.807, 2.05) is 0 Å². The molecule has 2 rings (SSSR count). The molecule has 17 heavy (non-hydrogen) atoms. The normalized spacial score (nSPS) is 15.2. The fourth-order valence-corrected chi connectivity index (χ4v) is 2.56. The molecule has 92 valence electrons. The summed E-state index contributed by atoms with van der Waals surface area (Å²) in [5, 5.41) is 8.79. The van der Waals surface area contributed by atoms with Crippen LogP contribution >= 0.6 is 0 Å². The highest BCUT2D eigenvalue weighted by molar-refractivity contribution is 5.68. The standard InChI is InChI=1S/C14H19NO2/c1-15-10-3-2-5-11-6-4-7-12(14(11)15)8-9-13(16)17/h4,6-7H,2-3,5,8-10H2,1H3,(H,16,17). The molecule has 1 aromatic rings. The Morgan fingerprint density at radius 3 is 3.00 bits per heavy atom. The molecule has 1 aliphatic heterocycles. The number of anilines is 1. The fraction of sp³-hybridized carbons (Fsp3) is 0.500. The second-order valence-electron chi connectivity index (χ2n) is 4.70.